The summed E-state index contributed by atoms with van der Waals surface area (Å²) in [6.45, 7) is -0.661. The Morgan fingerprint density at radius 2 is 1.64 bits per heavy atom. The summed E-state index contributed by atoms with van der Waals surface area (Å²) in [6.07, 6.45) is 0. The van der Waals surface area contributed by atoms with Crippen LogP contribution in [0.4, 0.5) is 0 Å². The molecule has 1 aromatic rings. The van der Waals surface area contributed by atoms with Crippen molar-refractivity contribution < 1.29 is 14.6 Å². The molecule has 0 saturated heterocycles. The van der Waals surface area contributed by atoms with Gasteiger partial charge < -0.3 is 14.6 Å². The number of hydrogen-bond donors (Lipinski definition) is 2. The van der Waals surface area contributed by atoms with Crippen molar-refractivity contribution in [2.75, 3.05) is 0 Å². The maximum atomic E-state index is 10.7. The second-order valence-electron chi connectivity index (χ2n) is 2.04. The third-order valence-corrected chi connectivity index (χ3v) is 1.18. The number of hydrogen-bond acceptors (Lipinski definition) is 4. The molecule has 0 aromatic carbocycles. The fourth-order valence-corrected chi connectivity index (χ4v) is 0.742. The van der Waals surface area contributed by atoms with E-state index in [-0.39, 0.29) is 30.2 Å². The number of aliphatic hydroxyl groups excluding tert-OH is 2. The van der Waals surface area contributed by atoms with Crippen molar-refractivity contribution in [1.29, 1.82) is 0 Å². The first-order valence-corrected chi connectivity index (χ1v) is 3.11. The van der Waals surface area contributed by atoms with E-state index in [0.717, 1.165) is 0 Å². The highest BCUT2D eigenvalue weighted by molar-refractivity contribution is 5.04. The van der Waals surface area contributed by atoms with E-state index in [1.54, 1.807) is 0 Å². The van der Waals surface area contributed by atoms with Crippen molar-refractivity contribution in [3.8, 4) is 0 Å². The van der Waals surface area contributed by atoms with Crippen LogP contribution in [0.25, 0.3) is 0 Å². The molecule has 1 rings (SSSR count). The summed E-state index contributed by atoms with van der Waals surface area (Å²) in [7, 11) is 0. The summed E-state index contributed by atoms with van der Waals surface area (Å²) in [5.74, 6) is 0.336. The van der Waals surface area contributed by atoms with Gasteiger partial charge in [-0.25, -0.2) is 0 Å². The average Bonchev–Trinajstić information content (AvgIpc) is 2.03. The SMILES string of the molecule is O=c1cc(CO)oc(CO)c1. The lowest BCUT2D eigenvalue weighted by Gasteiger charge is -1.97. The van der Waals surface area contributed by atoms with Crippen LogP contribution < -0.4 is 5.43 Å². The molecule has 0 unspecified atom stereocenters. The summed E-state index contributed by atoms with van der Waals surface area (Å²) in [5.41, 5.74) is -0.274. The predicted octanol–water partition coefficient (Wildman–Crippen LogP) is -0.376. The molecule has 0 aliphatic heterocycles. The van der Waals surface area contributed by atoms with Crippen LogP contribution in [-0.4, -0.2) is 10.2 Å². The Morgan fingerprint density at radius 1 is 1.18 bits per heavy atom. The van der Waals surface area contributed by atoms with Crippen LogP contribution in [0.5, 0.6) is 0 Å². The van der Waals surface area contributed by atoms with Gasteiger partial charge in [-0.05, 0) is 0 Å². The van der Waals surface area contributed by atoms with E-state index in [1.807, 2.05) is 0 Å². The minimum Gasteiger partial charge on any atom is -0.461 e. The van der Waals surface area contributed by atoms with Gasteiger partial charge in [-0.3, -0.25) is 4.79 Å². The topological polar surface area (TPSA) is 70.7 Å². The zero-order chi connectivity index (χ0) is 8.27. The molecule has 0 amide bonds. The lowest BCUT2D eigenvalue weighted by Crippen LogP contribution is -2.02. The highest BCUT2D eigenvalue weighted by Gasteiger charge is 1.98. The molecule has 2 N–H and O–H groups in total. The third kappa shape index (κ3) is 1.89. The standard InChI is InChI=1S/C7H8O4/c8-3-6-1-5(10)2-7(4-9)11-6/h1-2,8-9H,3-4H2. The van der Waals surface area contributed by atoms with Crippen molar-refractivity contribution in [2.45, 2.75) is 13.2 Å². The highest BCUT2D eigenvalue weighted by atomic mass is 16.4. The molecule has 0 fully saturated rings. The van der Waals surface area contributed by atoms with Crippen LogP contribution in [0.2, 0.25) is 0 Å². The smallest absolute Gasteiger partial charge is 0.185 e. The van der Waals surface area contributed by atoms with Crippen LogP contribution in [-0.2, 0) is 13.2 Å². The summed E-state index contributed by atoms with van der Waals surface area (Å²) in [5, 5.41) is 17.1. The van der Waals surface area contributed by atoms with E-state index < -0.39 is 0 Å². The van der Waals surface area contributed by atoms with Gasteiger partial charge in [0.15, 0.2) is 5.43 Å². The van der Waals surface area contributed by atoms with Gasteiger partial charge in [0.25, 0.3) is 0 Å². The van der Waals surface area contributed by atoms with E-state index in [0.29, 0.717) is 0 Å². The molecule has 11 heavy (non-hydrogen) atoms. The van der Waals surface area contributed by atoms with Crippen LogP contribution in [0, 0.1) is 0 Å². The van der Waals surface area contributed by atoms with Gasteiger partial charge in [0.05, 0.1) is 0 Å². The normalized spacial score (nSPS) is 10.0. The zero-order valence-electron chi connectivity index (χ0n) is 5.78. The molecule has 1 heterocycles. The van der Waals surface area contributed by atoms with Crippen LogP contribution in [0.15, 0.2) is 21.3 Å². The highest BCUT2D eigenvalue weighted by Crippen LogP contribution is 2.00. The maximum absolute atomic E-state index is 10.7. The summed E-state index contributed by atoms with van der Waals surface area (Å²) in [6, 6.07) is 2.36. The molecule has 0 aliphatic carbocycles. The van der Waals surface area contributed by atoms with E-state index in [4.69, 9.17) is 14.6 Å². The molecule has 60 valence electrons. The van der Waals surface area contributed by atoms with Gasteiger partial charge in [-0.2, -0.15) is 0 Å². The summed E-state index contributed by atoms with van der Waals surface area (Å²) in [4.78, 5) is 10.7. The van der Waals surface area contributed by atoms with Crippen LogP contribution >= 0.6 is 0 Å². The molecule has 0 radical (unpaired) electrons. The van der Waals surface area contributed by atoms with E-state index in [2.05, 4.69) is 0 Å². The average molecular weight is 156 g/mol. The largest absolute Gasteiger partial charge is 0.461 e. The Bertz CT molecular complexity index is 263. The Hall–Kier alpha value is -1.13. The predicted molar refractivity (Wildman–Crippen MR) is 36.8 cm³/mol. The van der Waals surface area contributed by atoms with Gasteiger partial charge >= 0.3 is 0 Å². The van der Waals surface area contributed by atoms with Crippen LogP contribution in [0.1, 0.15) is 11.5 Å². The second kappa shape index (κ2) is 3.32. The molecule has 4 nitrogen and oxygen atoms in total. The summed E-state index contributed by atoms with van der Waals surface area (Å²) >= 11 is 0. The Balaban J connectivity index is 3.12. The maximum Gasteiger partial charge on any atom is 0.185 e. The molecule has 0 bridgehead atoms. The first-order chi connectivity index (χ1) is 5.26. The van der Waals surface area contributed by atoms with Crippen molar-refractivity contribution in [3.63, 3.8) is 0 Å². The quantitative estimate of drug-likeness (QED) is 0.612. The van der Waals surface area contributed by atoms with Gasteiger partial charge in [0.1, 0.15) is 24.7 Å². The third-order valence-electron chi connectivity index (χ3n) is 1.18. The van der Waals surface area contributed by atoms with Crippen LogP contribution in [0.3, 0.4) is 0 Å². The minimum absolute atomic E-state index is 0.168. The fraction of sp³-hybridized carbons (Fsp3) is 0.286. The molecule has 0 saturated carbocycles. The van der Waals surface area contributed by atoms with E-state index in [9.17, 15) is 4.79 Å². The van der Waals surface area contributed by atoms with E-state index in [1.165, 1.54) is 12.1 Å². The minimum atomic E-state index is -0.330. The number of aliphatic hydroxyl groups is 2. The second-order valence-corrected chi connectivity index (χ2v) is 2.04. The lowest BCUT2D eigenvalue weighted by atomic mass is 10.3. The van der Waals surface area contributed by atoms with Gasteiger partial charge in [-0.1, -0.05) is 0 Å². The Kier molecular flexibility index (Phi) is 2.40. The van der Waals surface area contributed by atoms with Crippen molar-refractivity contribution >= 4 is 0 Å². The van der Waals surface area contributed by atoms with Crippen molar-refractivity contribution in [2.24, 2.45) is 0 Å². The molecular weight excluding hydrogens is 148 g/mol. The van der Waals surface area contributed by atoms with Crippen molar-refractivity contribution in [3.05, 3.63) is 33.9 Å². The Labute approximate surface area is 62.7 Å². The lowest BCUT2D eigenvalue weighted by molar-refractivity contribution is 0.208. The van der Waals surface area contributed by atoms with Crippen molar-refractivity contribution in [1.82, 2.24) is 0 Å². The monoisotopic (exact) mass is 156 g/mol. The van der Waals surface area contributed by atoms with Gasteiger partial charge in [0, 0.05) is 12.1 Å². The fourth-order valence-electron chi connectivity index (χ4n) is 0.742. The van der Waals surface area contributed by atoms with Gasteiger partial charge in [-0.15, -0.1) is 0 Å². The zero-order valence-corrected chi connectivity index (χ0v) is 5.78. The van der Waals surface area contributed by atoms with Gasteiger partial charge in [0.2, 0.25) is 0 Å². The molecule has 0 aliphatic rings. The summed E-state index contributed by atoms with van der Waals surface area (Å²) < 4.78 is 4.86. The first-order valence-electron chi connectivity index (χ1n) is 3.11. The molecule has 0 atom stereocenters. The molecule has 0 spiro atoms. The first kappa shape index (κ1) is 7.97. The van der Waals surface area contributed by atoms with E-state index >= 15 is 0 Å². The Morgan fingerprint density at radius 3 is 2.00 bits per heavy atom. The number of rotatable bonds is 2. The molecular formula is C7H8O4. The molecule has 4 heteroatoms. The molecule has 1 aromatic heterocycles.